The fourth-order valence-corrected chi connectivity index (χ4v) is 2.80. The molecule has 2 aromatic carbocycles. The lowest BCUT2D eigenvalue weighted by Crippen LogP contribution is -2.27. The van der Waals surface area contributed by atoms with Gasteiger partial charge in [0, 0.05) is 36.6 Å². The van der Waals surface area contributed by atoms with Crippen LogP contribution < -0.4 is 15.4 Å². The summed E-state index contributed by atoms with van der Waals surface area (Å²) in [4.78, 5) is 28.7. The third-order valence-electron chi connectivity index (χ3n) is 4.45. The molecule has 2 amide bonds. The topological polar surface area (TPSA) is 80.3 Å². The summed E-state index contributed by atoms with van der Waals surface area (Å²) in [6.45, 7) is 0.906. The zero-order chi connectivity index (χ0) is 20.5. The van der Waals surface area contributed by atoms with E-state index in [9.17, 15) is 9.59 Å². The van der Waals surface area contributed by atoms with Crippen LogP contribution in [0.5, 0.6) is 5.75 Å². The van der Waals surface area contributed by atoms with Crippen LogP contribution in [0.3, 0.4) is 0 Å². The number of nitrogens with one attached hydrogen (secondary N) is 2. The van der Waals surface area contributed by atoms with Gasteiger partial charge in [-0.25, -0.2) is 0 Å². The van der Waals surface area contributed by atoms with E-state index >= 15 is 0 Å². The number of rotatable bonds is 8. The number of hydrogen-bond acceptors (Lipinski definition) is 4. The van der Waals surface area contributed by atoms with E-state index in [0.29, 0.717) is 30.6 Å². The Morgan fingerprint density at radius 2 is 1.52 bits per heavy atom. The van der Waals surface area contributed by atoms with E-state index in [1.807, 2.05) is 36.4 Å². The molecule has 1 heterocycles. The average molecular weight is 389 g/mol. The summed E-state index contributed by atoms with van der Waals surface area (Å²) in [6.07, 6.45) is 4.07. The summed E-state index contributed by atoms with van der Waals surface area (Å²) < 4.78 is 5.14. The molecule has 29 heavy (non-hydrogen) atoms. The van der Waals surface area contributed by atoms with Crippen LogP contribution in [0.25, 0.3) is 0 Å². The Morgan fingerprint density at radius 1 is 0.862 bits per heavy atom. The zero-order valence-electron chi connectivity index (χ0n) is 16.2. The number of nitrogens with zero attached hydrogens (tertiary/aromatic N) is 1. The Kier molecular flexibility index (Phi) is 6.95. The second-order valence-corrected chi connectivity index (χ2v) is 6.47. The Labute approximate surface area is 169 Å². The zero-order valence-corrected chi connectivity index (χ0v) is 16.2. The van der Waals surface area contributed by atoms with Gasteiger partial charge in [0.2, 0.25) is 0 Å². The molecule has 1 aromatic heterocycles. The van der Waals surface area contributed by atoms with E-state index in [1.54, 1.807) is 43.8 Å². The smallest absolute Gasteiger partial charge is 0.251 e. The highest BCUT2D eigenvalue weighted by Gasteiger charge is 2.10. The van der Waals surface area contributed by atoms with Crippen molar-refractivity contribution in [3.63, 3.8) is 0 Å². The first-order valence-corrected chi connectivity index (χ1v) is 9.34. The third-order valence-corrected chi connectivity index (χ3v) is 4.45. The molecule has 0 aliphatic rings. The van der Waals surface area contributed by atoms with Gasteiger partial charge in [0.05, 0.1) is 7.11 Å². The van der Waals surface area contributed by atoms with Crippen LogP contribution in [0.15, 0.2) is 73.1 Å². The second-order valence-electron chi connectivity index (χ2n) is 6.47. The molecule has 0 saturated heterocycles. The monoisotopic (exact) mass is 389 g/mol. The summed E-state index contributed by atoms with van der Waals surface area (Å²) in [5.74, 6) is 0.369. The van der Waals surface area contributed by atoms with Crippen LogP contribution >= 0.6 is 0 Å². The molecule has 3 aromatic rings. The molecular weight excluding hydrogens is 366 g/mol. The Morgan fingerprint density at radius 3 is 2.17 bits per heavy atom. The van der Waals surface area contributed by atoms with Crippen molar-refractivity contribution in [3.05, 3.63) is 95.3 Å². The van der Waals surface area contributed by atoms with Crippen molar-refractivity contribution in [1.82, 2.24) is 15.6 Å². The summed E-state index contributed by atoms with van der Waals surface area (Å²) in [5, 5.41) is 5.74. The van der Waals surface area contributed by atoms with Crippen molar-refractivity contribution in [3.8, 4) is 5.75 Å². The van der Waals surface area contributed by atoms with Gasteiger partial charge in [-0.3, -0.25) is 14.6 Å². The molecule has 0 saturated carbocycles. The Bertz CT molecular complexity index is 957. The first kappa shape index (κ1) is 20.1. The number of ether oxygens (including phenoxy) is 1. The van der Waals surface area contributed by atoms with Crippen molar-refractivity contribution >= 4 is 11.8 Å². The molecule has 6 nitrogen and oxygen atoms in total. The first-order valence-electron chi connectivity index (χ1n) is 9.34. The molecular formula is C23H23N3O3. The molecule has 0 aliphatic heterocycles. The lowest BCUT2D eigenvalue weighted by atomic mass is 10.1. The van der Waals surface area contributed by atoms with Crippen molar-refractivity contribution in [1.29, 1.82) is 0 Å². The predicted molar refractivity (Wildman–Crippen MR) is 111 cm³/mol. The maximum absolute atomic E-state index is 12.4. The summed E-state index contributed by atoms with van der Waals surface area (Å²) in [6, 6.07) is 18.1. The van der Waals surface area contributed by atoms with E-state index in [-0.39, 0.29) is 11.8 Å². The second kappa shape index (κ2) is 10.0. The van der Waals surface area contributed by atoms with Gasteiger partial charge in [0.15, 0.2) is 0 Å². The number of pyridine rings is 1. The molecule has 0 fully saturated rings. The minimum absolute atomic E-state index is 0.206. The normalized spacial score (nSPS) is 10.2. The van der Waals surface area contributed by atoms with Gasteiger partial charge in [-0.15, -0.1) is 0 Å². The van der Waals surface area contributed by atoms with E-state index in [2.05, 4.69) is 15.6 Å². The Balaban J connectivity index is 1.52. The SMILES string of the molecule is COc1ccc(CCNC(=O)c2cccc(C(=O)NCc3ccncc3)c2)cc1. The number of carbonyl (C=O) groups is 2. The van der Waals surface area contributed by atoms with Gasteiger partial charge in [0.1, 0.15) is 5.75 Å². The lowest BCUT2D eigenvalue weighted by molar-refractivity contribution is 0.0950. The van der Waals surface area contributed by atoms with Crippen molar-refractivity contribution in [2.24, 2.45) is 0 Å². The highest BCUT2D eigenvalue weighted by atomic mass is 16.5. The van der Waals surface area contributed by atoms with Crippen molar-refractivity contribution in [2.75, 3.05) is 13.7 Å². The van der Waals surface area contributed by atoms with Crippen LogP contribution in [-0.4, -0.2) is 30.5 Å². The van der Waals surface area contributed by atoms with Crippen LogP contribution in [0.2, 0.25) is 0 Å². The molecule has 0 aliphatic carbocycles. The van der Waals surface area contributed by atoms with Crippen LogP contribution in [0.4, 0.5) is 0 Å². The lowest BCUT2D eigenvalue weighted by Gasteiger charge is -2.08. The fourth-order valence-electron chi connectivity index (χ4n) is 2.80. The fraction of sp³-hybridized carbons (Fsp3) is 0.174. The maximum Gasteiger partial charge on any atom is 0.251 e. The van der Waals surface area contributed by atoms with Crippen LogP contribution in [0, 0.1) is 0 Å². The van der Waals surface area contributed by atoms with Gasteiger partial charge in [0.25, 0.3) is 11.8 Å². The molecule has 0 unspecified atom stereocenters. The number of amides is 2. The number of carbonyl (C=O) groups excluding carboxylic acids is 2. The molecule has 0 bridgehead atoms. The molecule has 148 valence electrons. The number of benzene rings is 2. The molecule has 0 spiro atoms. The highest BCUT2D eigenvalue weighted by Crippen LogP contribution is 2.11. The average Bonchev–Trinajstić information content (AvgIpc) is 2.78. The molecule has 0 radical (unpaired) electrons. The quantitative estimate of drug-likeness (QED) is 0.621. The summed E-state index contributed by atoms with van der Waals surface area (Å²) in [5.41, 5.74) is 2.97. The number of methoxy groups -OCH3 is 1. The van der Waals surface area contributed by atoms with E-state index in [4.69, 9.17) is 4.74 Å². The van der Waals surface area contributed by atoms with Crippen molar-refractivity contribution < 1.29 is 14.3 Å². The van der Waals surface area contributed by atoms with Gasteiger partial charge in [-0.1, -0.05) is 18.2 Å². The first-order chi connectivity index (χ1) is 14.2. The molecule has 3 rings (SSSR count). The highest BCUT2D eigenvalue weighted by molar-refractivity contribution is 5.99. The summed E-state index contributed by atoms with van der Waals surface area (Å²) in [7, 11) is 1.63. The minimum atomic E-state index is -0.227. The van der Waals surface area contributed by atoms with Crippen molar-refractivity contribution in [2.45, 2.75) is 13.0 Å². The standard InChI is InChI=1S/C23H23N3O3/c1-29-21-7-5-17(6-8-21)11-14-25-22(27)19-3-2-4-20(15-19)23(28)26-16-18-9-12-24-13-10-18/h2-10,12-13,15H,11,14,16H2,1H3,(H,25,27)(H,26,28). The van der Waals surface area contributed by atoms with E-state index < -0.39 is 0 Å². The number of aromatic nitrogens is 1. The Hall–Kier alpha value is -3.67. The van der Waals surface area contributed by atoms with E-state index in [1.165, 1.54) is 0 Å². The molecule has 0 atom stereocenters. The molecule has 6 heteroatoms. The third kappa shape index (κ3) is 5.90. The molecule has 2 N–H and O–H groups in total. The number of hydrogen-bond donors (Lipinski definition) is 2. The predicted octanol–water partition coefficient (Wildman–Crippen LogP) is 2.99. The largest absolute Gasteiger partial charge is 0.497 e. The van der Waals surface area contributed by atoms with Crippen LogP contribution in [-0.2, 0) is 13.0 Å². The van der Waals surface area contributed by atoms with Gasteiger partial charge in [-0.2, -0.15) is 0 Å². The summed E-state index contributed by atoms with van der Waals surface area (Å²) >= 11 is 0. The van der Waals surface area contributed by atoms with Gasteiger partial charge < -0.3 is 15.4 Å². The minimum Gasteiger partial charge on any atom is -0.497 e. The van der Waals surface area contributed by atoms with E-state index in [0.717, 1.165) is 16.9 Å². The van der Waals surface area contributed by atoms with Crippen LogP contribution in [0.1, 0.15) is 31.8 Å². The maximum atomic E-state index is 12.4. The van der Waals surface area contributed by atoms with Gasteiger partial charge >= 0.3 is 0 Å². The van der Waals surface area contributed by atoms with Gasteiger partial charge in [-0.05, 0) is 60.0 Å².